The molecule has 0 aromatic heterocycles. The number of benzene rings is 8. The van der Waals surface area contributed by atoms with Crippen LogP contribution in [0.25, 0.3) is 65.3 Å². The molecule has 0 saturated heterocycles. The number of aliphatic imine (C=N–C) groups is 1. The molecule has 2 aliphatic carbocycles. The van der Waals surface area contributed by atoms with E-state index in [0.29, 0.717) is 0 Å². The number of hydrogen-bond donors (Lipinski definition) is 3. The Morgan fingerprint density at radius 3 is 2.02 bits per heavy atom. The summed E-state index contributed by atoms with van der Waals surface area (Å²) in [6.45, 7) is 0. The molecule has 8 aromatic rings. The number of nitrogens with two attached hydrogens (primary N) is 1. The fourth-order valence-corrected chi connectivity index (χ4v) is 9.00. The van der Waals surface area contributed by atoms with Crippen LogP contribution in [0.3, 0.4) is 0 Å². The summed E-state index contributed by atoms with van der Waals surface area (Å²) in [5, 5.41) is 19.7. The van der Waals surface area contributed by atoms with E-state index in [-0.39, 0.29) is 6.04 Å². The van der Waals surface area contributed by atoms with Gasteiger partial charge in [-0.3, -0.25) is 0 Å². The minimum atomic E-state index is -0.433. The van der Waals surface area contributed by atoms with Crippen LogP contribution in [0.1, 0.15) is 34.8 Å². The molecule has 11 rings (SSSR count). The number of nitrogens with zero attached hydrogens (tertiary/aromatic N) is 1. The Balaban J connectivity index is 1.01. The van der Waals surface area contributed by atoms with Gasteiger partial charge >= 0.3 is 0 Å². The first-order valence-corrected chi connectivity index (χ1v) is 20.0. The lowest BCUT2D eigenvalue weighted by Crippen LogP contribution is -2.39. The van der Waals surface area contributed by atoms with Crippen molar-refractivity contribution in [2.75, 3.05) is 0 Å². The molecule has 1 aliphatic heterocycles. The van der Waals surface area contributed by atoms with Crippen LogP contribution in [0.15, 0.2) is 210 Å². The van der Waals surface area contributed by atoms with Gasteiger partial charge in [-0.1, -0.05) is 182 Å². The van der Waals surface area contributed by atoms with E-state index in [9.17, 15) is 0 Å². The summed E-state index contributed by atoms with van der Waals surface area (Å²) >= 11 is 0. The van der Waals surface area contributed by atoms with E-state index < -0.39 is 6.17 Å². The van der Waals surface area contributed by atoms with Crippen LogP contribution in [0.4, 0.5) is 0 Å². The molecule has 0 bridgehead atoms. The van der Waals surface area contributed by atoms with Crippen molar-refractivity contribution >= 4 is 71.1 Å². The van der Waals surface area contributed by atoms with Gasteiger partial charge in [0.2, 0.25) is 0 Å². The van der Waals surface area contributed by atoms with Gasteiger partial charge in [-0.2, -0.15) is 0 Å². The molecule has 2 atom stereocenters. The molecular weight excluding hydrogens is 705 g/mol. The standard InChI is InChI=1S/C54H40N4/c55-53(39-26-28-43-37(32-39)24-22-34-12-4-6-16-41(34)43)57-51(36-14-2-1-3-15-36)47-30-31-48(46-19-9-8-18-45(46)47)52-49-20-10-11-21-50(49)56-54(58-52)40-27-29-44-38(33-40)25-23-35-13-5-7-17-42(35)44/h1-14,16-33,50,53,57H,15,55H2,(H,56,58)/b51-36-. The van der Waals surface area contributed by atoms with Crippen LogP contribution < -0.4 is 16.4 Å². The van der Waals surface area contributed by atoms with Gasteiger partial charge in [0.25, 0.3) is 0 Å². The van der Waals surface area contributed by atoms with Crippen LogP contribution >= 0.6 is 0 Å². The van der Waals surface area contributed by atoms with Crippen LogP contribution in [0, 0.1) is 0 Å². The smallest absolute Gasteiger partial charge is 0.134 e. The molecule has 0 radical (unpaired) electrons. The third kappa shape index (κ3) is 5.85. The Bertz CT molecular complexity index is 3230. The maximum Gasteiger partial charge on any atom is 0.134 e. The van der Waals surface area contributed by atoms with Crippen molar-refractivity contribution in [3.05, 3.63) is 228 Å². The minimum absolute atomic E-state index is 0.00492. The van der Waals surface area contributed by atoms with Crippen LogP contribution in [-0.2, 0) is 0 Å². The van der Waals surface area contributed by atoms with Gasteiger partial charge in [0.05, 0.1) is 11.7 Å². The second-order valence-corrected chi connectivity index (χ2v) is 15.3. The van der Waals surface area contributed by atoms with E-state index >= 15 is 0 Å². The van der Waals surface area contributed by atoms with Gasteiger partial charge in [0.1, 0.15) is 12.0 Å². The highest BCUT2D eigenvalue weighted by molar-refractivity contribution is 6.13. The molecule has 8 aromatic carbocycles. The van der Waals surface area contributed by atoms with Crippen molar-refractivity contribution in [2.45, 2.75) is 18.6 Å². The average Bonchev–Trinajstić information content (AvgIpc) is 3.30. The highest BCUT2D eigenvalue weighted by atomic mass is 15.1. The van der Waals surface area contributed by atoms with Gasteiger partial charge < -0.3 is 16.4 Å². The lowest BCUT2D eigenvalue weighted by molar-refractivity contribution is 0.665. The maximum atomic E-state index is 7.11. The summed E-state index contributed by atoms with van der Waals surface area (Å²) in [4.78, 5) is 5.45. The SMILES string of the molecule is NC(N/C(=C1/C=CC=CC1)c1ccc(C2=C3C=CC=CC3NC(c3ccc4c(ccc5ccccc54)c3)=N2)c2ccccc12)c1ccc2c(ccc3ccccc32)c1. The van der Waals surface area contributed by atoms with Crippen LogP contribution in [-0.4, -0.2) is 11.9 Å². The zero-order valence-corrected chi connectivity index (χ0v) is 31.9. The predicted molar refractivity (Wildman–Crippen MR) is 245 cm³/mol. The zero-order chi connectivity index (χ0) is 38.6. The minimum Gasteiger partial charge on any atom is -0.365 e. The lowest BCUT2D eigenvalue weighted by atomic mass is 9.89. The quantitative estimate of drug-likeness (QED) is 0.117. The number of allylic oxidation sites excluding steroid dienone is 7. The van der Waals surface area contributed by atoms with Crippen molar-refractivity contribution in [1.82, 2.24) is 10.6 Å². The second-order valence-electron chi connectivity index (χ2n) is 15.3. The molecule has 276 valence electrons. The molecule has 4 nitrogen and oxygen atoms in total. The Kier molecular flexibility index (Phi) is 8.23. The molecule has 0 saturated carbocycles. The van der Waals surface area contributed by atoms with Crippen LogP contribution in [0.2, 0.25) is 0 Å². The number of nitrogens with one attached hydrogen (secondary N) is 2. The molecule has 1 heterocycles. The van der Waals surface area contributed by atoms with Gasteiger partial charge in [-0.15, -0.1) is 0 Å². The molecule has 0 spiro atoms. The van der Waals surface area contributed by atoms with Crippen molar-refractivity contribution in [3.8, 4) is 0 Å². The monoisotopic (exact) mass is 744 g/mol. The number of hydrogen-bond acceptors (Lipinski definition) is 4. The normalized spacial score (nSPS) is 17.5. The third-order valence-corrected chi connectivity index (χ3v) is 11.9. The predicted octanol–water partition coefficient (Wildman–Crippen LogP) is 12.2. The Hall–Kier alpha value is -7.27. The second kappa shape index (κ2) is 14.0. The van der Waals surface area contributed by atoms with E-state index in [1.807, 2.05) is 0 Å². The molecule has 3 aliphatic rings. The Labute approximate surface area is 337 Å². The largest absolute Gasteiger partial charge is 0.365 e. The summed E-state index contributed by atoms with van der Waals surface area (Å²) in [5.74, 6) is 0.866. The van der Waals surface area contributed by atoms with E-state index in [4.69, 9.17) is 10.7 Å². The Morgan fingerprint density at radius 2 is 1.26 bits per heavy atom. The molecule has 0 fully saturated rings. The first-order chi connectivity index (χ1) is 28.7. The number of fused-ring (bicyclic) bond motifs is 8. The summed E-state index contributed by atoms with van der Waals surface area (Å²) in [6.07, 6.45) is 17.6. The van der Waals surface area contributed by atoms with Crippen molar-refractivity contribution < 1.29 is 0 Å². The molecule has 4 heteroatoms. The van der Waals surface area contributed by atoms with Crippen LogP contribution in [0.5, 0.6) is 0 Å². The highest BCUT2D eigenvalue weighted by Crippen LogP contribution is 2.39. The topological polar surface area (TPSA) is 62.4 Å². The third-order valence-electron chi connectivity index (χ3n) is 11.9. The van der Waals surface area contributed by atoms with Gasteiger partial charge in [-0.05, 0) is 83.6 Å². The molecule has 2 unspecified atom stereocenters. The fourth-order valence-electron chi connectivity index (χ4n) is 9.00. The van der Waals surface area contributed by atoms with E-state index in [1.165, 1.54) is 48.7 Å². The van der Waals surface area contributed by atoms with E-state index in [2.05, 4.69) is 205 Å². The molecule has 0 amide bonds. The summed E-state index contributed by atoms with van der Waals surface area (Å²) in [7, 11) is 0. The first-order valence-electron chi connectivity index (χ1n) is 20.0. The van der Waals surface area contributed by atoms with Crippen molar-refractivity contribution in [3.63, 3.8) is 0 Å². The van der Waals surface area contributed by atoms with Crippen molar-refractivity contribution in [2.24, 2.45) is 10.7 Å². The number of rotatable bonds is 6. The number of amidine groups is 1. The lowest BCUT2D eigenvalue weighted by Gasteiger charge is -2.29. The molecule has 4 N–H and O–H groups in total. The summed E-state index contributed by atoms with van der Waals surface area (Å²) in [6, 6.07) is 52.4. The average molecular weight is 745 g/mol. The molecule has 58 heavy (non-hydrogen) atoms. The fraction of sp³-hybridized carbons (Fsp3) is 0.0556. The maximum absolute atomic E-state index is 7.11. The Morgan fingerprint density at radius 1 is 0.603 bits per heavy atom. The summed E-state index contributed by atoms with van der Waals surface area (Å²) < 4.78 is 0. The van der Waals surface area contributed by atoms with Gasteiger partial charge in [0.15, 0.2) is 0 Å². The highest BCUT2D eigenvalue weighted by Gasteiger charge is 2.26. The van der Waals surface area contributed by atoms with E-state index in [0.717, 1.165) is 62.2 Å². The van der Waals surface area contributed by atoms with Gasteiger partial charge in [-0.25, -0.2) is 4.99 Å². The molecular formula is C54H40N4. The summed E-state index contributed by atoms with van der Waals surface area (Å²) in [5.41, 5.74) is 15.8. The van der Waals surface area contributed by atoms with Gasteiger partial charge in [0, 0.05) is 28.0 Å². The first kappa shape index (κ1) is 34.0. The van der Waals surface area contributed by atoms with E-state index in [1.54, 1.807) is 0 Å². The zero-order valence-electron chi connectivity index (χ0n) is 31.9. The van der Waals surface area contributed by atoms with Crippen molar-refractivity contribution in [1.29, 1.82) is 0 Å².